The van der Waals surface area contributed by atoms with Gasteiger partial charge in [0.2, 0.25) is 0 Å². The maximum absolute atomic E-state index is 11.8. The number of anilines is 1. The van der Waals surface area contributed by atoms with Crippen molar-refractivity contribution >= 4 is 11.7 Å². The van der Waals surface area contributed by atoms with Gasteiger partial charge in [0, 0.05) is 12.7 Å². The van der Waals surface area contributed by atoms with E-state index in [1.54, 1.807) is 12.3 Å². The largest absolute Gasteiger partial charge is 0.370 e. The van der Waals surface area contributed by atoms with Crippen molar-refractivity contribution in [3.8, 4) is 12.3 Å². The molecule has 1 aliphatic carbocycles. The normalized spacial score (nSPS) is 14.5. The van der Waals surface area contributed by atoms with E-state index in [1.807, 2.05) is 12.1 Å². The average molecular weight is 319 g/mol. The number of nitrogens with one attached hydrogen (secondary N) is 2. The number of terminal acetylenes is 1. The van der Waals surface area contributed by atoms with Crippen LogP contribution in [0.5, 0.6) is 0 Å². The number of benzene rings is 1. The number of carbonyl (C=O) groups excluding carboxylic acids is 1. The molecule has 0 aliphatic heterocycles. The van der Waals surface area contributed by atoms with Crippen LogP contribution in [0.25, 0.3) is 0 Å². The minimum absolute atomic E-state index is 0.199. The van der Waals surface area contributed by atoms with Gasteiger partial charge in [0.25, 0.3) is 5.91 Å². The minimum atomic E-state index is -0.199. The van der Waals surface area contributed by atoms with Gasteiger partial charge in [0.1, 0.15) is 5.82 Å². The van der Waals surface area contributed by atoms with Crippen LogP contribution in [0, 0.1) is 17.8 Å². The molecule has 4 nitrogen and oxygen atoms in total. The zero-order chi connectivity index (χ0) is 16.8. The Balaban J connectivity index is 1.53. The first kappa shape index (κ1) is 16.1. The topological polar surface area (TPSA) is 54.0 Å². The minimum Gasteiger partial charge on any atom is -0.370 e. The zero-order valence-electron chi connectivity index (χ0n) is 13.6. The van der Waals surface area contributed by atoms with Crippen LogP contribution in [0.4, 0.5) is 5.82 Å². The Hall–Kier alpha value is -2.80. The lowest BCUT2D eigenvalue weighted by atomic mass is 9.96. The standard InChI is InChI=1S/C20H21N3O/c1-2-12-21-19(24)17-8-9-18(22-14-17)23-15-20(10-11-20)13-16-6-4-3-5-7-16/h1,3-9,14H,10-13,15H2,(H,21,24)(H,22,23). The molecule has 0 atom stereocenters. The van der Waals surface area contributed by atoms with Crippen molar-refractivity contribution in [3.63, 3.8) is 0 Å². The van der Waals surface area contributed by atoms with Gasteiger partial charge in [0.05, 0.1) is 12.1 Å². The van der Waals surface area contributed by atoms with Gasteiger partial charge < -0.3 is 10.6 Å². The zero-order valence-corrected chi connectivity index (χ0v) is 13.6. The summed E-state index contributed by atoms with van der Waals surface area (Å²) in [6.45, 7) is 1.12. The first-order valence-electron chi connectivity index (χ1n) is 8.16. The van der Waals surface area contributed by atoms with Gasteiger partial charge in [-0.3, -0.25) is 4.79 Å². The van der Waals surface area contributed by atoms with Gasteiger partial charge in [-0.1, -0.05) is 36.3 Å². The highest BCUT2D eigenvalue weighted by molar-refractivity contribution is 5.94. The molecule has 2 N–H and O–H groups in total. The highest BCUT2D eigenvalue weighted by Gasteiger charge is 2.42. The summed E-state index contributed by atoms with van der Waals surface area (Å²) in [5.41, 5.74) is 2.23. The number of pyridine rings is 1. The molecule has 1 aliphatic rings. The van der Waals surface area contributed by atoms with Crippen LogP contribution in [0.2, 0.25) is 0 Å². The van der Waals surface area contributed by atoms with E-state index < -0.39 is 0 Å². The third-order valence-corrected chi connectivity index (χ3v) is 4.40. The summed E-state index contributed by atoms with van der Waals surface area (Å²) >= 11 is 0. The fourth-order valence-corrected chi connectivity index (χ4v) is 2.77. The lowest BCUT2D eigenvalue weighted by Gasteiger charge is -2.16. The van der Waals surface area contributed by atoms with E-state index in [9.17, 15) is 4.79 Å². The van der Waals surface area contributed by atoms with E-state index in [0.717, 1.165) is 18.8 Å². The summed E-state index contributed by atoms with van der Waals surface area (Å²) in [6, 6.07) is 14.2. The summed E-state index contributed by atoms with van der Waals surface area (Å²) in [5.74, 6) is 2.97. The van der Waals surface area contributed by atoms with E-state index in [2.05, 4.69) is 45.8 Å². The number of amides is 1. The van der Waals surface area contributed by atoms with Crippen molar-refractivity contribution in [3.05, 3.63) is 59.8 Å². The Bertz CT molecular complexity index is 728. The van der Waals surface area contributed by atoms with Crippen molar-refractivity contribution in [2.75, 3.05) is 18.4 Å². The first-order chi connectivity index (χ1) is 11.7. The molecule has 0 radical (unpaired) electrons. The molecule has 0 bridgehead atoms. The summed E-state index contributed by atoms with van der Waals surface area (Å²) in [4.78, 5) is 16.1. The fraction of sp³-hybridized carbons (Fsp3) is 0.300. The van der Waals surface area contributed by atoms with Gasteiger partial charge in [-0.2, -0.15) is 0 Å². The van der Waals surface area contributed by atoms with Crippen LogP contribution < -0.4 is 10.6 Å². The number of hydrogen-bond donors (Lipinski definition) is 2. The quantitative estimate of drug-likeness (QED) is 0.772. The Morgan fingerprint density at radius 1 is 1.21 bits per heavy atom. The predicted octanol–water partition coefficient (Wildman–Crippen LogP) is 2.88. The van der Waals surface area contributed by atoms with Crippen LogP contribution in [-0.2, 0) is 6.42 Å². The van der Waals surface area contributed by atoms with Crippen LogP contribution in [0.1, 0.15) is 28.8 Å². The van der Waals surface area contributed by atoms with Gasteiger partial charge in [-0.05, 0) is 42.4 Å². The summed E-state index contributed by atoms with van der Waals surface area (Å²) in [6.07, 6.45) is 10.3. The average Bonchev–Trinajstić information content (AvgIpc) is 3.39. The third-order valence-electron chi connectivity index (χ3n) is 4.40. The molecule has 4 heteroatoms. The van der Waals surface area contributed by atoms with Crippen molar-refractivity contribution in [2.24, 2.45) is 5.41 Å². The van der Waals surface area contributed by atoms with Crippen molar-refractivity contribution < 1.29 is 4.79 Å². The first-order valence-corrected chi connectivity index (χ1v) is 8.16. The highest BCUT2D eigenvalue weighted by Crippen LogP contribution is 2.48. The maximum Gasteiger partial charge on any atom is 0.253 e. The molecule has 1 aromatic heterocycles. The van der Waals surface area contributed by atoms with Crippen molar-refractivity contribution in [1.29, 1.82) is 0 Å². The molecular formula is C20H21N3O. The van der Waals surface area contributed by atoms with E-state index in [1.165, 1.54) is 18.4 Å². The third kappa shape index (κ3) is 4.14. The van der Waals surface area contributed by atoms with Crippen LogP contribution >= 0.6 is 0 Å². The Morgan fingerprint density at radius 3 is 2.62 bits per heavy atom. The second kappa shape index (κ2) is 7.18. The molecule has 0 spiro atoms. The van der Waals surface area contributed by atoms with E-state index in [-0.39, 0.29) is 12.5 Å². The highest BCUT2D eigenvalue weighted by atomic mass is 16.1. The SMILES string of the molecule is C#CCNC(=O)c1ccc(NCC2(Cc3ccccc3)CC2)nc1. The molecule has 2 aromatic rings. The van der Waals surface area contributed by atoms with Gasteiger partial charge in [0.15, 0.2) is 0 Å². The van der Waals surface area contributed by atoms with Crippen molar-refractivity contribution in [1.82, 2.24) is 10.3 Å². The molecule has 122 valence electrons. The number of nitrogens with zero attached hydrogens (tertiary/aromatic N) is 1. The smallest absolute Gasteiger partial charge is 0.253 e. The Kier molecular flexibility index (Phi) is 4.81. The molecule has 24 heavy (non-hydrogen) atoms. The molecule has 1 fully saturated rings. The second-order valence-electron chi connectivity index (χ2n) is 6.33. The monoisotopic (exact) mass is 319 g/mol. The van der Waals surface area contributed by atoms with Gasteiger partial charge >= 0.3 is 0 Å². The maximum atomic E-state index is 11.8. The number of hydrogen-bond acceptors (Lipinski definition) is 3. The van der Waals surface area contributed by atoms with Crippen LogP contribution in [-0.4, -0.2) is 24.0 Å². The molecule has 0 saturated heterocycles. The summed E-state index contributed by atoms with van der Waals surface area (Å²) < 4.78 is 0. The molecular weight excluding hydrogens is 298 g/mol. The van der Waals surface area contributed by atoms with Crippen LogP contribution in [0.3, 0.4) is 0 Å². The second-order valence-corrected chi connectivity index (χ2v) is 6.33. The molecule has 0 unspecified atom stereocenters. The molecule has 1 saturated carbocycles. The summed E-state index contributed by atoms with van der Waals surface area (Å²) in [7, 11) is 0. The summed E-state index contributed by atoms with van der Waals surface area (Å²) in [5, 5.41) is 6.03. The predicted molar refractivity (Wildman–Crippen MR) is 95.7 cm³/mol. The number of aromatic nitrogens is 1. The lowest BCUT2D eigenvalue weighted by Crippen LogP contribution is -2.23. The molecule has 3 rings (SSSR count). The number of carbonyl (C=O) groups is 1. The Morgan fingerprint density at radius 2 is 2.00 bits per heavy atom. The Labute approximate surface area is 142 Å². The fourth-order valence-electron chi connectivity index (χ4n) is 2.77. The van der Waals surface area contributed by atoms with Crippen molar-refractivity contribution in [2.45, 2.75) is 19.3 Å². The van der Waals surface area contributed by atoms with E-state index >= 15 is 0 Å². The van der Waals surface area contributed by atoms with Gasteiger partial charge in [-0.25, -0.2) is 4.98 Å². The molecule has 1 heterocycles. The van der Waals surface area contributed by atoms with E-state index in [0.29, 0.717) is 11.0 Å². The molecule has 1 aromatic carbocycles. The number of rotatable bonds is 7. The van der Waals surface area contributed by atoms with Gasteiger partial charge in [-0.15, -0.1) is 6.42 Å². The lowest BCUT2D eigenvalue weighted by molar-refractivity contribution is 0.0958. The molecule has 1 amide bonds. The van der Waals surface area contributed by atoms with Crippen LogP contribution in [0.15, 0.2) is 48.7 Å². The van der Waals surface area contributed by atoms with E-state index in [4.69, 9.17) is 6.42 Å².